The molecule has 1 aliphatic heterocycles. The first-order valence-electron chi connectivity index (χ1n) is 3.98. The van der Waals surface area contributed by atoms with Crippen LogP contribution in [0.2, 0.25) is 0 Å². The van der Waals surface area contributed by atoms with Gasteiger partial charge in [0, 0.05) is 0 Å². The molecule has 0 radical (unpaired) electrons. The van der Waals surface area contributed by atoms with Gasteiger partial charge in [-0.15, -0.1) is 0 Å². The highest BCUT2D eigenvalue weighted by atomic mass is 16.6. The molecular weight excluding hydrogens is 152 g/mol. The Balaban J connectivity index is 2.15. The number of carbonyl (C=O) groups excluding carboxylic acids is 1. The predicted molar refractivity (Wildman–Crippen MR) is 44.9 cm³/mol. The number of carbonyl (C=O) groups is 1. The van der Waals surface area contributed by atoms with Gasteiger partial charge in [0.1, 0.15) is 12.2 Å². The SMILES string of the molecule is Cc1ccc(C2OC2C=O)cc1. The Hall–Kier alpha value is -1.15. The summed E-state index contributed by atoms with van der Waals surface area (Å²) in [6.45, 7) is 2.04. The first-order valence-corrected chi connectivity index (χ1v) is 3.98. The minimum atomic E-state index is -0.201. The molecule has 1 aromatic carbocycles. The van der Waals surface area contributed by atoms with Crippen molar-refractivity contribution in [3.8, 4) is 0 Å². The van der Waals surface area contributed by atoms with Crippen LogP contribution < -0.4 is 0 Å². The first-order chi connectivity index (χ1) is 5.81. The maximum Gasteiger partial charge on any atom is 0.151 e. The van der Waals surface area contributed by atoms with Crippen molar-refractivity contribution in [2.75, 3.05) is 0 Å². The smallest absolute Gasteiger partial charge is 0.151 e. The molecule has 0 aliphatic carbocycles. The number of hydrogen-bond acceptors (Lipinski definition) is 2. The molecule has 0 aromatic heterocycles. The van der Waals surface area contributed by atoms with Crippen molar-refractivity contribution < 1.29 is 9.53 Å². The van der Waals surface area contributed by atoms with E-state index in [0.717, 1.165) is 11.8 Å². The summed E-state index contributed by atoms with van der Waals surface area (Å²) < 4.78 is 5.12. The average Bonchev–Trinajstić information content (AvgIpc) is 2.85. The van der Waals surface area contributed by atoms with Gasteiger partial charge in [-0.1, -0.05) is 29.8 Å². The molecule has 2 rings (SSSR count). The lowest BCUT2D eigenvalue weighted by atomic mass is 10.1. The Morgan fingerprint density at radius 2 is 2.00 bits per heavy atom. The van der Waals surface area contributed by atoms with Crippen LogP contribution in [0.1, 0.15) is 17.2 Å². The van der Waals surface area contributed by atoms with Gasteiger partial charge < -0.3 is 9.53 Å². The molecule has 2 heteroatoms. The second-order valence-corrected chi connectivity index (χ2v) is 3.07. The topological polar surface area (TPSA) is 29.6 Å². The van der Waals surface area contributed by atoms with Crippen molar-refractivity contribution >= 4 is 6.29 Å². The number of aryl methyl sites for hydroxylation is 1. The van der Waals surface area contributed by atoms with Crippen LogP contribution in [-0.2, 0) is 9.53 Å². The molecule has 2 unspecified atom stereocenters. The third kappa shape index (κ3) is 1.25. The molecule has 2 nitrogen and oxygen atoms in total. The van der Waals surface area contributed by atoms with Crippen molar-refractivity contribution in [3.05, 3.63) is 35.4 Å². The van der Waals surface area contributed by atoms with E-state index in [1.165, 1.54) is 5.56 Å². The number of epoxide rings is 1. The zero-order chi connectivity index (χ0) is 8.55. The summed E-state index contributed by atoms with van der Waals surface area (Å²) in [5.74, 6) is 0. The monoisotopic (exact) mass is 162 g/mol. The van der Waals surface area contributed by atoms with E-state index < -0.39 is 0 Å². The van der Waals surface area contributed by atoms with Gasteiger partial charge in [0.15, 0.2) is 6.29 Å². The molecule has 2 atom stereocenters. The zero-order valence-electron chi connectivity index (χ0n) is 6.86. The van der Waals surface area contributed by atoms with Crippen LogP contribution in [-0.4, -0.2) is 12.4 Å². The van der Waals surface area contributed by atoms with Crippen LogP contribution in [0, 0.1) is 6.92 Å². The summed E-state index contributed by atoms with van der Waals surface area (Å²) >= 11 is 0. The van der Waals surface area contributed by atoms with Crippen LogP contribution in [0.15, 0.2) is 24.3 Å². The molecule has 0 amide bonds. The van der Waals surface area contributed by atoms with Gasteiger partial charge >= 0.3 is 0 Å². The Morgan fingerprint density at radius 1 is 1.33 bits per heavy atom. The van der Waals surface area contributed by atoms with Gasteiger partial charge in [0.2, 0.25) is 0 Å². The quantitative estimate of drug-likeness (QED) is 0.488. The molecule has 0 N–H and O–H groups in total. The Labute approximate surface area is 71.2 Å². The Kier molecular flexibility index (Phi) is 1.70. The summed E-state index contributed by atoms with van der Waals surface area (Å²) in [5.41, 5.74) is 2.32. The first kappa shape index (κ1) is 7.50. The van der Waals surface area contributed by atoms with Gasteiger partial charge in [-0.3, -0.25) is 0 Å². The molecule has 1 fully saturated rings. The largest absolute Gasteiger partial charge is 0.357 e. The van der Waals surface area contributed by atoms with Gasteiger partial charge in [0.05, 0.1) is 0 Å². The molecule has 1 aliphatic rings. The Morgan fingerprint density at radius 3 is 2.50 bits per heavy atom. The van der Waals surface area contributed by atoms with Crippen LogP contribution in [0.3, 0.4) is 0 Å². The maximum atomic E-state index is 10.3. The summed E-state index contributed by atoms with van der Waals surface area (Å²) in [4.78, 5) is 10.3. The van der Waals surface area contributed by atoms with Gasteiger partial charge in [-0.2, -0.15) is 0 Å². The fraction of sp³-hybridized carbons (Fsp3) is 0.300. The second kappa shape index (κ2) is 2.72. The molecule has 1 saturated heterocycles. The van der Waals surface area contributed by atoms with Gasteiger partial charge in [0.25, 0.3) is 0 Å². The number of aldehydes is 1. The summed E-state index contributed by atoms with van der Waals surface area (Å²) in [7, 11) is 0. The minimum Gasteiger partial charge on any atom is -0.357 e. The van der Waals surface area contributed by atoms with Crippen molar-refractivity contribution in [2.45, 2.75) is 19.1 Å². The van der Waals surface area contributed by atoms with E-state index in [2.05, 4.69) is 0 Å². The summed E-state index contributed by atoms with van der Waals surface area (Å²) in [6, 6.07) is 8.06. The third-order valence-corrected chi connectivity index (χ3v) is 2.07. The number of hydrogen-bond donors (Lipinski definition) is 0. The summed E-state index contributed by atoms with van der Waals surface area (Å²) in [6.07, 6.45) is 0.667. The summed E-state index contributed by atoms with van der Waals surface area (Å²) in [5, 5.41) is 0. The molecule has 12 heavy (non-hydrogen) atoms. The van der Waals surface area contributed by atoms with E-state index in [-0.39, 0.29) is 12.2 Å². The van der Waals surface area contributed by atoms with Gasteiger partial charge in [-0.05, 0) is 12.5 Å². The zero-order valence-corrected chi connectivity index (χ0v) is 6.86. The highest BCUT2D eigenvalue weighted by Gasteiger charge is 2.39. The fourth-order valence-electron chi connectivity index (χ4n) is 1.25. The maximum absolute atomic E-state index is 10.3. The van der Waals surface area contributed by atoms with Gasteiger partial charge in [-0.25, -0.2) is 0 Å². The number of rotatable bonds is 2. The fourth-order valence-corrected chi connectivity index (χ4v) is 1.25. The van der Waals surface area contributed by atoms with Crippen LogP contribution in [0.5, 0.6) is 0 Å². The molecule has 1 aromatic rings. The number of ether oxygens (including phenoxy) is 1. The van der Waals surface area contributed by atoms with Crippen molar-refractivity contribution in [1.29, 1.82) is 0 Å². The average molecular weight is 162 g/mol. The lowest BCUT2D eigenvalue weighted by Crippen LogP contribution is -1.88. The van der Waals surface area contributed by atoms with Crippen molar-refractivity contribution in [2.24, 2.45) is 0 Å². The standard InChI is InChI=1S/C10H10O2/c1-7-2-4-8(5-3-7)10-9(6-11)12-10/h2-6,9-10H,1H3. The molecule has 0 bridgehead atoms. The lowest BCUT2D eigenvalue weighted by molar-refractivity contribution is -0.108. The Bertz CT molecular complexity index is 289. The van der Waals surface area contributed by atoms with E-state index in [1.54, 1.807) is 0 Å². The number of benzene rings is 1. The second-order valence-electron chi connectivity index (χ2n) is 3.07. The van der Waals surface area contributed by atoms with Crippen molar-refractivity contribution in [3.63, 3.8) is 0 Å². The van der Waals surface area contributed by atoms with Crippen LogP contribution in [0.25, 0.3) is 0 Å². The van der Waals surface area contributed by atoms with E-state index in [9.17, 15) is 4.79 Å². The van der Waals surface area contributed by atoms with Crippen LogP contribution in [0.4, 0.5) is 0 Å². The van der Waals surface area contributed by atoms with Crippen molar-refractivity contribution in [1.82, 2.24) is 0 Å². The normalized spacial score (nSPS) is 26.8. The van der Waals surface area contributed by atoms with Crippen LogP contribution >= 0.6 is 0 Å². The molecule has 0 saturated carbocycles. The molecule has 0 spiro atoms. The minimum absolute atomic E-state index is 0.0168. The third-order valence-electron chi connectivity index (χ3n) is 2.07. The highest BCUT2D eigenvalue weighted by molar-refractivity contribution is 5.61. The lowest BCUT2D eigenvalue weighted by Gasteiger charge is -1.94. The van der Waals surface area contributed by atoms with E-state index in [1.807, 2.05) is 31.2 Å². The molecule has 62 valence electrons. The highest BCUT2D eigenvalue weighted by Crippen LogP contribution is 2.36. The van der Waals surface area contributed by atoms with E-state index in [4.69, 9.17) is 4.74 Å². The van der Waals surface area contributed by atoms with E-state index in [0.29, 0.717) is 0 Å². The van der Waals surface area contributed by atoms with E-state index >= 15 is 0 Å². The predicted octanol–water partition coefficient (Wildman–Crippen LogP) is 1.63. The molecule has 1 heterocycles. The molecular formula is C10H10O2.